The molecule has 0 aromatic heterocycles. The number of nitrogens with one attached hydrogen (secondary N) is 1. The molecule has 0 bridgehead atoms. The number of ether oxygens (including phenoxy) is 1. The Morgan fingerprint density at radius 2 is 1.20 bits per heavy atom. The predicted molar refractivity (Wildman–Crippen MR) is 112 cm³/mol. The third-order valence-corrected chi connectivity index (χ3v) is 6.30. The van der Waals surface area contributed by atoms with E-state index in [1.165, 1.54) is 0 Å². The van der Waals surface area contributed by atoms with Crippen molar-refractivity contribution in [2.45, 2.75) is 95.9 Å². The summed E-state index contributed by atoms with van der Waals surface area (Å²) in [5.74, 6) is -23.9. The molecular weight excluding hydrogens is 489 g/mol. The van der Waals surface area contributed by atoms with Crippen molar-refractivity contribution in [3.05, 3.63) is 41.2 Å². The van der Waals surface area contributed by atoms with Crippen molar-refractivity contribution in [2.75, 3.05) is 6.54 Å². The molecule has 0 aliphatic carbocycles. The van der Waals surface area contributed by atoms with Crippen molar-refractivity contribution < 1.29 is 49.2 Å². The van der Waals surface area contributed by atoms with E-state index >= 15 is 4.39 Å². The summed E-state index contributed by atoms with van der Waals surface area (Å²) in [6, 6.07) is 0. The minimum Gasteiger partial charge on any atom is -0.417 e. The first-order valence-electron chi connectivity index (χ1n) is 11.8. The molecule has 1 N–H and O–H groups in total. The average molecular weight is 521 g/mol. The summed E-state index contributed by atoms with van der Waals surface area (Å²) in [4.78, 5) is -1.40. The van der Waals surface area contributed by atoms with Crippen molar-refractivity contribution >= 4 is 5.69 Å². The van der Waals surface area contributed by atoms with E-state index < -0.39 is 63.8 Å². The normalized spacial score (nSPS) is 21.7. The second kappa shape index (κ2) is 11.9. The first-order chi connectivity index (χ1) is 16.3. The second-order valence-corrected chi connectivity index (χ2v) is 8.88. The fourth-order valence-electron chi connectivity index (χ4n) is 4.20. The zero-order valence-corrected chi connectivity index (χ0v) is 19.7. The lowest BCUT2D eigenvalue weighted by Gasteiger charge is -2.41. The zero-order valence-electron chi connectivity index (χ0n) is 19.7. The summed E-state index contributed by atoms with van der Waals surface area (Å²) >= 11 is 0. The highest BCUT2D eigenvalue weighted by Gasteiger charge is 2.79. The SMILES string of the molecule is CCCCCCCCCCCC[NH+](c1c(C)c(F)c(F)c(F)c1F)C1(F)OC=CC(F)(F)C1(F)F. The van der Waals surface area contributed by atoms with Crippen molar-refractivity contribution in [3.8, 4) is 0 Å². The molecule has 1 aromatic carbocycles. The Morgan fingerprint density at radius 1 is 0.714 bits per heavy atom. The van der Waals surface area contributed by atoms with Crippen molar-refractivity contribution in [2.24, 2.45) is 0 Å². The number of hydrogen-bond donors (Lipinski definition) is 1. The van der Waals surface area contributed by atoms with Gasteiger partial charge in [0.15, 0.2) is 17.3 Å². The van der Waals surface area contributed by atoms with Crippen LogP contribution >= 0.6 is 0 Å². The van der Waals surface area contributed by atoms with Gasteiger partial charge in [0.05, 0.1) is 18.4 Å². The lowest BCUT2D eigenvalue weighted by Crippen LogP contribution is -3.19. The molecule has 0 saturated carbocycles. The summed E-state index contributed by atoms with van der Waals surface area (Å²) in [5, 5.41) is 0. The molecule has 1 aliphatic heterocycles. The van der Waals surface area contributed by atoms with Crippen LogP contribution in [0.5, 0.6) is 0 Å². The largest absolute Gasteiger partial charge is 0.473 e. The molecule has 0 radical (unpaired) electrons. The zero-order chi connectivity index (χ0) is 26.4. The van der Waals surface area contributed by atoms with Gasteiger partial charge in [0.2, 0.25) is 11.6 Å². The minimum absolute atomic E-state index is 0.000568. The maximum atomic E-state index is 15.7. The maximum Gasteiger partial charge on any atom is 0.473 e. The first kappa shape index (κ1) is 29.3. The van der Waals surface area contributed by atoms with E-state index in [2.05, 4.69) is 11.7 Å². The van der Waals surface area contributed by atoms with Gasteiger partial charge in [0.25, 0.3) is 0 Å². The fourth-order valence-corrected chi connectivity index (χ4v) is 4.20. The summed E-state index contributed by atoms with van der Waals surface area (Å²) < 4.78 is 133. The number of hydrogen-bond acceptors (Lipinski definition) is 1. The lowest BCUT2D eigenvalue weighted by molar-refractivity contribution is -0.958. The third kappa shape index (κ3) is 5.91. The monoisotopic (exact) mass is 520 g/mol. The van der Waals surface area contributed by atoms with Gasteiger partial charge in [-0.2, -0.15) is 22.0 Å². The fraction of sp³-hybridized carbons (Fsp3) is 0.667. The van der Waals surface area contributed by atoms with E-state index in [0.29, 0.717) is 19.8 Å². The van der Waals surface area contributed by atoms with Crippen LogP contribution in [0.15, 0.2) is 12.3 Å². The molecule has 0 fully saturated rings. The molecular formula is C24H31F9NO+. The highest BCUT2D eigenvalue weighted by atomic mass is 19.3. The number of alkyl halides is 5. The Balaban J connectivity index is 2.26. The van der Waals surface area contributed by atoms with Gasteiger partial charge in [-0.1, -0.05) is 58.3 Å². The molecule has 1 heterocycles. The van der Waals surface area contributed by atoms with Crippen molar-refractivity contribution in [1.82, 2.24) is 0 Å². The Kier molecular flexibility index (Phi) is 9.96. The molecule has 2 unspecified atom stereocenters. The van der Waals surface area contributed by atoms with Gasteiger partial charge in [-0.15, -0.1) is 4.39 Å². The Hall–Kier alpha value is -1.91. The predicted octanol–water partition coefficient (Wildman–Crippen LogP) is 7.43. The van der Waals surface area contributed by atoms with E-state index in [-0.39, 0.29) is 18.8 Å². The summed E-state index contributed by atoms with van der Waals surface area (Å²) in [5.41, 5.74) is -2.40. The molecule has 0 spiro atoms. The van der Waals surface area contributed by atoms with Gasteiger partial charge in [0.1, 0.15) is 0 Å². The van der Waals surface area contributed by atoms with E-state index in [1.807, 2.05) is 0 Å². The quantitative estimate of drug-likeness (QED) is 0.0939. The number of unbranched alkanes of at least 4 members (excludes halogenated alkanes) is 9. The van der Waals surface area contributed by atoms with Crippen molar-refractivity contribution in [3.63, 3.8) is 0 Å². The van der Waals surface area contributed by atoms with E-state index in [9.17, 15) is 35.1 Å². The standard InChI is InChI=1S/C24H30F9NO/c1-3-4-5-6-7-8-9-10-11-12-14-34(21-16(2)17(25)18(26)19(27)20(21)28)24(33)23(31,32)22(29,30)13-15-35-24/h13,15H,3-12,14H2,1-2H3/p+1. The molecule has 2 rings (SSSR count). The highest BCUT2D eigenvalue weighted by molar-refractivity contribution is 5.43. The van der Waals surface area contributed by atoms with E-state index in [4.69, 9.17) is 0 Å². The van der Waals surface area contributed by atoms with E-state index in [0.717, 1.165) is 44.9 Å². The topological polar surface area (TPSA) is 13.7 Å². The number of allylic oxidation sites excluding steroid dienone is 1. The summed E-state index contributed by atoms with van der Waals surface area (Å²) in [7, 11) is 0. The number of rotatable bonds is 13. The average Bonchev–Trinajstić information content (AvgIpc) is 2.80. The van der Waals surface area contributed by atoms with Crippen LogP contribution in [0.1, 0.15) is 76.7 Å². The minimum atomic E-state index is -5.54. The van der Waals surface area contributed by atoms with Gasteiger partial charge in [-0.25, -0.2) is 18.1 Å². The Bertz CT molecular complexity index is 861. The van der Waals surface area contributed by atoms with Crippen LogP contribution in [0.25, 0.3) is 0 Å². The molecule has 35 heavy (non-hydrogen) atoms. The highest BCUT2D eigenvalue weighted by Crippen LogP contribution is 2.47. The van der Waals surface area contributed by atoms with Crippen molar-refractivity contribution in [1.29, 1.82) is 0 Å². The van der Waals surface area contributed by atoms with Crippen LogP contribution in [0, 0.1) is 30.2 Å². The summed E-state index contributed by atoms with van der Waals surface area (Å²) in [6.45, 7) is 2.04. The first-order valence-corrected chi connectivity index (χ1v) is 11.8. The van der Waals surface area contributed by atoms with Crippen LogP contribution in [-0.4, -0.2) is 24.4 Å². The van der Waals surface area contributed by atoms with Gasteiger partial charge >= 0.3 is 17.8 Å². The molecule has 2 atom stereocenters. The molecule has 2 nitrogen and oxygen atoms in total. The third-order valence-electron chi connectivity index (χ3n) is 6.30. The van der Waals surface area contributed by atoms with Crippen LogP contribution in [0.4, 0.5) is 45.2 Å². The maximum absolute atomic E-state index is 15.7. The van der Waals surface area contributed by atoms with Gasteiger partial charge in [0, 0.05) is 6.08 Å². The van der Waals surface area contributed by atoms with Gasteiger partial charge in [-0.3, -0.25) is 0 Å². The van der Waals surface area contributed by atoms with Crippen LogP contribution in [-0.2, 0) is 4.74 Å². The molecule has 11 heteroatoms. The number of benzene rings is 1. The smallest absolute Gasteiger partial charge is 0.417 e. The number of quaternary nitrogens is 1. The molecule has 200 valence electrons. The van der Waals surface area contributed by atoms with Crippen LogP contribution in [0.2, 0.25) is 0 Å². The van der Waals surface area contributed by atoms with Gasteiger partial charge < -0.3 is 4.74 Å². The second-order valence-electron chi connectivity index (χ2n) is 8.88. The van der Waals surface area contributed by atoms with E-state index in [1.54, 1.807) is 0 Å². The molecule has 1 aromatic rings. The summed E-state index contributed by atoms with van der Waals surface area (Å²) in [6.07, 6.45) is 7.64. The number of halogens is 9. The van der Waals surface area contributed by atoms with Gasteiger partial charge in [-0.05, 0) is 19.8 Å². The Morgan fingerprint density at radius 3 is 1.74 bits per heavy atom. The molecule has 0 saturated heterocycles. The van der Waals surface area contributed by atoms with Crippen LogP contribution < -0.4 is 4.90 Å². The molecule has 1 aliphatic rings. The van der Waals surface area contributed by atoms with Crippen LogP contribution in [0.3, 0.4) is 0 Å². The Labute approximate surface area is 199 Å². The lowest BCUT2D eigenvalue weighted by atomic mass is 10.0. The molecule has 0 amide bonds.